The van der Waals surface area contributed by atoms with E-state index in [1.807, 2.05) is 4.98 Å². The van der Waals surface area contributed by atoms with E-state index in [4.69, 9.17) is 0 Å². The summed E-state index contributed by atoms with van der Waals surface area (Å²) in [6.45, 7) is 1.58. The molecule has 170 valence electrons. The Morgan fingerprint density at radius 2 is 1.91 bits per heavy atom. The number of aromatic nitrogens is 3. The average molecular weight is 450 g/mol. The van der Waals surface area contributed by atoms with Crippen LogP contribution in [0, 0.1) is 17.5 Å². The van der Waals surface area contributed by atoms with Gasteiger partial charge in [-0.05, 0) is 44.4 Å². The number of H-pyrrole nitrogens is 2. The van der Waals surface area contributed by atoms with Gasteiger partial charge in [0.05, 0.1) is 34.4 Å². The van der Waals surface area contributed by atoms with E-state index < -0.39 is 40.3 Å². The molecule has 1 atom stereocenters. The summed E-state index contributed by atoms with van der Waals surface area (Å²) in [6, 6.07) is 3.70. The Morgan fingerprint density at radius 3 is 2.56 bits per heavy atom. The van der Waals surface area contributed by atoms with Crippen LogP contribution in [0.15, 0.2) is 40.1 Å². The van der Waals surface area contributed by atoms with Crippen molar-refractivity contribution in [3.8, 4) is 0 Å². The van der Waals surface area contributed by atoms with Crippen molar-refractivity contribution in [2.75, 3.05) is 0 Å². The van der Waals surface area contributed by atoms with E-state index in [2.05, 4.69) is 15.3 Å². The number of nitrogens with zero attached hydrogens (tertiary/aromatic N) is 1. The third kappa shape index (κ3) is 6.03. The summed E-state index contributed by atoms with van der Waals surface area (Å²) in [6.07, 6.45) is 2.95. The van der Waals surface area contributed by atoms with Gasteiger partial charge in [-0.25, -0.2) is 18.0 Å². The first-order valence-corrected chi connectivity index (χ1v) is 9.81. The predicted octanol–water partition coefficient (Wildman–Crippen LogP) is 2.20. The summed E-state index contributed by atoms with van der Waals surface area (Å²) < 4.78 is 38.8. The highest BCUT2D eigenvalue weighted by Crippen LogP contribution is 2.39. The van der Waals surface area contributed by atoms with Gasteiger partial charge in [0.1, 0.15) is 17.5 Å². The molecule has 1 aliphatic carbocycles. The number of aliphatic hydroxyl groups is 1. The average Bonchev–Trinajstić information content (AvgIpc) is 3.45. The number of nitrogens with one attached hydrogen (secondary N) is 3. The first kappa shape index (κ1) is 23.2. The number of benzene rings is 1. The van der Waals surface area contributed by atoms with Gasteiger partial charge in [0.2, 0.25) is 5.91 Å². The van der Waals surface area contributed by atoms with Gasteiger partial charge in [-0.15, -0.1) is 0 Å². The molecule has 2 heterocycles. The van der Waals surface area contributed by atoms with Crippen LogP contribution in [-0.4, -0.2) is 31.6 Å². The number of hydrogen-bond donors (Lipinski definition) is 4. The van der Waals surface area contributed by atoms with Crippen molar-refractivity contribution in [1.29, 1.82) is 0 Å². The zero-order valence-corrected chi connectivity index (χ0v) is 17.0. The maximum atomic E-state index is 13.4. The number of carbonyl (C=O) groups is 1. The molecule has 4 N–H and O–H groups in total. The Bertz CT molecular complexity index is 1250. The van der Waals surface area contributed by atoms with Gasteiger partial charge < -0.3 is 15.4 Å². The van der Waals surface area contributed by atoms with Crippen LogP contribution in [-0.2, 0) is 4.79 Å². The standard InChI is InChI=1S/C13H16F2N2O2.C8H5FN2O2/c1-8(12-10(15)6-9(14)7-16-12)17-11(18)2-3-13(19)4-5-13;9-4-1-2-6-5(3-4)7(12)11-8(13)10-6/h6-8,19H,2-5H2,1H3,(H,17,18);1-3H,(H2,10,11,12,13). The maximum absolute atomic E-state index is 13.4. The van der Waals surface area contributed by atoms with Gasteiger partial charge in [0.15, 0.2) is 0 Å². The van der Waals surface area contributed by atoms with Crippen LogP contribution >= 0.6 is 0 Å². The largest absolute Gasteiger partial charge is 0.390 e. The lowest BCUT2D eigenvalue weighted by molar-refractivity contribution is -0.122. The van der Waals surface area contributed by atoms with Crippen molar-refractivity contribution in [1.82, 2.24) is 20.3 Å². The molecule has 1 amide bonds. The molecule has 1 fully saturated rings. The van der Waals surface area contributed by atoms with E-state index in [1.165, 1.54) is 12.1 Å². The van der Waals surface area contributed by atoms with Crippen LogP contribution in [0.5, 0.6) is 0 Å². The quantitative estimate of drug-likeness (QED) is 0.474. The van der Waals surface area contributed by atoms with Crippen LogP contribution in [0.25, 0.3) is 10.9 Å². The van der Waals surface area contributed by atoms with E-state index >= 15 is 0 Å². The number of amides is 1. The minimum Gasteiger partial charge on any atom is -0.390 e. The number of halogens is 3. The fourth-order valence-corrected chi connectivity index (χ4v) is 3.00. The molecule has 0 aliphatic heterocycles. The van der Waals surface area contributed by atoms with Crippen LogP contribution < -0.4 is 16.6 Å². The lowest BCUT2D eigenvalue weighted by Gasteiger charge is -2.15. The Balaban J connectivity index is 0.000000193. The third-order valence-electron chi connectivity index (χ3n) is 4.97. The minimum absolute atomic E-state index is 0.000108. The van der Waals surface area contributed by atoms with E-state index in [9.17, 15) is 32.7 Å². The van der Waals surface area contributed by atoms with Gasteiger partial charge in [-0.1, -0.05) is 0 Å². The van der Waals surface area contributed by atoms with Crippen LogP contribution in [0.3, 0.4) is 0 Å². The molecule has 11 heteroatoms. The monoisotopic (exact) mass is 450 g/mol. The second-order valence-corrected chi connectivity index (χ2v) is 7.63. The molecule has 0 spiro atoms. The van der Waals surface area contributed by atoms with Crippen molar-refractivity contribution < 1.29 is 23.1 Å². The van der Waals surface area contributed by atoms with Gasteiger partial charge in [0.25, 0.3) is 5.56 Å². The molecule has 0 saturated heterocycles. The maximum Gasteiger partial charge on any atom is 0.326 e. The summed E-state index contributed by atoms with van der Waals surface area (Å²) in [4.78, 5) is 41.6. The summed E-state index contributed by atoms with van der Waals surface area (Å²) in [5.74, 6) is -2.33. The molecule has 2 aromatic heterocycles. The lowest BCUT2D eigenvalue weighted by Crippen LogP contribution is -2.28. The number of aromatic amines is 2. The van der Waals surface area contributed by atoms with E-state index in [0.717, 1.165) is 31.2 Å². The van der Waals surface area contributed by atoms with Crippen LogP contribution in [0.4, 0.5) is 13.2 Å². The number of pyridine rings is 1. The van der Waals surface area contributed by atoms with Crippen LogP contribution in [0.2, 0.25) is 0 Å². The Morgan fingerprint density at radius 1 is 1.19 bits per heavy atom. The third-order valence-corrected chi connectivity index (χ3v) is 4.97. The van der Waals surface area contributed by atoms with Gasteiger partial charge >= 0.3 is 5.69 Å². The minimum atomic E-state index is -0.784. The lowest BCUT2D eigenvalue weighted by atomic mass is 10.1. The second kappa shape index (κ2) is 9.35. The number of rotatable bonds is 5. The molecule has 0 radical (unpaired) electrons. The molecule has 1 aromatic carbocycles. The molecule has 4 rings (SSSR count). The number of fused-ring (bicyclic) bond motifs is 1. The summed E-state index contributed by atoms with van der Waals surface area (Å²) in [5, 5.41) is 12.3. The fourth-order valence-electron chi connectivity index (χ4n) is 3.00. The Hall–Kier alpha value is -3.47. The SMILES string of the molecule is CC(NC(=O)CCC1(O)CC1)c1ncc(F)cc1F.O=c1[nH]c(=O)c2cc(F)ccc2[nH]1. The molecule has 3 aromatic rings. The van der Waals surface area contributed by atoms with Crippen molar-refractivity contribution in [2.45, 2.75) is 44.2 Å². The fraction of sp³-hybridized carbons (Fsp3) is 0.333. The van der Waals surface area contributed by atoms with Gasteiger partial charge in [-0.3, -0.25) is 19.6 Å². The highest BCUT2D eigenvalue weighted by atomic mass is 19.1. The summed E-state index contributed by atoms with van der Waals surface area (Å²) in [7, 11) is 0. The molecule has 1 saturated carbocycles. The predicted molar refractivity (Wildman–Crippen MR) is 109 cm³/mol. The van der Waals surface area contributed by atoms with Gasteiger partial charge in [-0.2, -0.15) is 0 Å². The molecule has 1 unspecified atom stereocenters. The summed E-state index contributed by atoms with van der Waals surface area (Å²) in [5.41, 5.74) is -1.53. The highest BCUT2D eigenvalue weighted by molar-refractivity contribution is 5.77. The van der Waals surface area contributed by atoms with Crippen molar-refractivity contribution in [3.63, 3.8) is 0 Å². The van der Waals surface area contributed by atoms with Crippen LogP contribution in [0.1, 0.15) is 44.3 Å². The van der Waals surface area contributed by atoms with E-state index in [-0.39, 0.29) is 23.4 Å². The first-order valence-electron chi connectivity index (χ1n) is 9.81. The van der Waals surface area contributed by atoms with Crippen molar-refractivity contribution in [2.24, 2.45) is 0 Å². The molecular weight excluding hydrogens is 429 g/mol. The number of carbonyl (C=O) groups excluding carboxylic acids is 1. The zero-order valence-electron chi connectivity index (χ0n) is 17.0. The van der Waals surface area contributed by atoms with E-state index in [1.54, 1.807) is 6.92 Å². The molecule has 0 bridgehead atoms. The van der Waals surface area contributed by atoms with Gasteiger partial charge in [0, 0.05) is 12.5 Å². The van der Waals surface area contributed by atoms with Crippen molar-refractivity contribution in [3.05, 3.63) is 74.4 Å². The Kier molecular flexibility index (Phi) is 6.78. The smallest absolute Gasteiger partial charge is 0.326 e. The Labute approximate surface area is 179 Å². The normalized spacial score (nSPS) is 14.9. The first-order chi connectivity index (χ1) is 15.1. The molecule has 32 heavy (non-hydrogen) atoms. The number of hydrogen-bond acceptors (Lipinski definition) is 5. The van der Waals surface area contributed by atoms with E-state index in [0.29, 0.717) is 11.9 Å². The topological polar surface area (TPSA) is 128 Å². The zero-order chi connectivity index (χ0) is 23.5. The molecule has 8 nitrogen and oxygen atoms in total. The summed E-state index contributed by atoms with van der Waals surface area (Å²) >= 11 is 0. The highest BCUT2D eigenvalue weighted by Gasteiger charge is 2.40. The molecule has 1 aliphatic rings. The molecular formula is C21H21F3N4O4. The second-order valence-electron chi connectivity index (χ2n) is 7.63. The van der Waals surface area contributed by atoms with Crippen molar-refractivity contribution >= 4 is 16.8 Å².